The molecule has 1 saturated carbocycles. The van der Waals surface area contributed by atoms with Gasteiger partial charge in [0.1, 0.15) is 5.65 Å². The molecule has 1 aliphatic rings. The summed E-state index contributed by atoms with van der Waals surface area (Å²) in [5, 5.41) is 4.91. The zero-order valence-corrected chi connectivity index (χ0v) is 12.9. The molecule has 3 rings (SSSR count). The lowest BCUT2D eigenvalue weighted by atomic mass is 9.88. The summed E-state index contributed by atoms with van der Waals surface area (Å²) in [6.07, 6.45) is 13.1. The van der Waals surface area contributed by atoms with Crippen molar-refractivity contribution in [1.82, 2.24) is 15.3 Å². The zero-order valence-electron chi connectivity index (χ0n) is 12.1. The van der Waals surface area contributed by atoms with Crippen LogP contribution in [0.2, 0.25) is 0 Å². The van der Waals surface area contributed by atoms with E-state index in [1.165, 1.54) is 43.1 Å². The van der Waals surface area contributed by atoms with E-state index in [0.717, 1.165) is 18.7 Å². The minimum Gasteiger partial charge on any atom is -0.346 e. The van der Waals surface area contributed by atoms with Gasteiger partial charge in [-0.25, -0.2) is 4.98 Å². The van der Waals surface area contributed by atoms with Gasteiger partial charge in [-0.3, -0.25) is 0 Å². The summed E-state index contributed by atoms with van der Waals surface area (Å²) < 4.78 is 0.461. The molecule has 2 aromatic heterocycles. The third kappa shape index (κ3) is 2.86. The Balaban J connectivity index is 1.62. The minimum absolute atomic E-state index is 0.461. The summed E-state index contributed by atoms with van der Waals surface area (Å²) in [6.45, 7) is 2.04. The van der Waals surface area contributed by atoms with E-state index in [-0.39, 0.29) is 0 Å². The van der Waals surface area contributed by atoms with Gasteiger partial charge >= 0.3 is 0 Å². The summed E-state index contributed by atoms with van der Waals surface area (Å²) in [5.41, 5.74) is 2.31. The molecule has 0 saturated heterocycles. The molecule has 108 valence electrons. The van der Waals surface area contributed by atoms with Gasteiger partial charge in [0.2, 0.25) is 0 Å². The van der Waals surface area contributed by atoms with Gasteiger partial charge in [0.05, 0.1) is 0 Å². The lowest BCUT2D eigenvalue weighted by molar-refractivity contribution is 0.379. The molecular weight excluding hydrogens is 266 g/mol. The standard InChI is InChI=1S/C16H23N3S/c1-20-16(7-3-2-4-8-16)12-17-10-13-11-19-15-14(13)6-5-9-18-15/h5-6,9,11,17H,2-4,7-8,10,12H2,1H3,(H,18,19). The molecule has 0 spiro atoms. The number of thioether (sulfide) groups is 1. The maximum atomic E-state index is 4.34. The maximum Gasteiger partial charge on any atom is 0.137 e. The Morgan fingerprint density at radius 3 is 3.00 bits per heavy atom. The van der Waals surface area contributed by atoms with E-state index in [9.17, 15) is 0 Å². The SMILES string of the molecule is CSC1(CNCc2c[nH]c3ncccc23)CCCCC1. The highest BCUT2D eigenvalue weighted by Gasteiger charge is 2.30. The van der Waals surface area contributed by atoms with Gasteiger partial charge in [-0.2, -0.15) is 11.8 Å². The van der Waals surface area contributed by atoms with Crippen molar-refractivity contribution in [2.45, 2.75) is 43.4 Å². The van der Waals surface area contributed by atoms with E-state index in [1.807, 2.05) is 12.3 Å². The van der Waals surface area contributed by atoms with Crippen molar-refractivity contribution in [2.75, 3.05) is 12.8 Å². The summed E-state index contributed by atoms with van der Waals surface area (Å²) in [6, 6.07) is 4.14. The lowest BCUT2D eigenvalue weighted by Crippen LogP contribution is -2.39. The Hall–Kier alpha value is -1.00. The molecule has 20 heavy (non-hydrogen) atoms. The molecule has 3 nitrogen and oxygen atoms in total. The van der Waals surface area contributed by atoms with Crippen molar-refractivity contribution in [2.24, 2.45) is 0 Å². The third-order valence-corrected chi connectivity index (χ3v) is 5.92. The molecule has 2 N–H and O–H groups in total. The van der Waals surface area contributed by atoms with Crippen molar-refractivity contribution < 1.29 is 0 Å². The quantitative estimate of drug-likeness (QED) is 0.881. The Bertz CT molecular complexity index is 558. The van der Waals surface area contributed by atoms with Crippen LogP contribution >= 0.6 is 11.8 Å². The monoisotopic (exact) mass is 289 g/mol. The molecule has 2 aromatic rings. The van der Waals surface area contributed by atoms with Crippen LogP contribution in [0.5, 0.6) is 0 Å². The molecule has 0 aliphatic heterocycles. The molecule has 0 atom stereocenters. The fourth-order valence-electron chi connectivity index (χ4n) is 3.23. The van der Waals surface area contributed by atoms with Crippen LogP contribution < -0.4 is 5.32 Å². The van der Waals surface area contributed by atoms with Gasteiger partial charge in [0.15, 0.2) is 0 Å². The lowest BCUT2D eigenvalue weighted by Gasteiger charge is -2.36. The molecule has 0 aromatic carbocycles. The van der Waals surface area contributed by atoms with Crippen molar-refractivity contribution in [3.05, 3.63) is 30.1 Å². The Labute approximate surface area is 124 Å². The number of hydrogen-bond donors (Lipinski definition) is 2. The van der Waals surface area contributed by atoms with Gasteiger partial charge < -0.3 is 10.3 Å². The van der Waals surface area contributed by atoms with Crippen molar-refractivity contribution in [3.8, 4) is 0 Å². The number of H-pyrrole nitrogens is 1. The summed E-state index contributed by atoms with van der Waals surface area (Å²) in [5.74, 6) is 0. The van der Waals surface area contributed by atoms with Crippen LogP contribution in [0.4, 0.5) is 0 Å². The summed E-state index contributed by atoms with van der Waals surface area (Å²) in [4.78, 5) is 7.59. The van der Waals surface area contributed by atoms with E-state index in [0.29, 0.717) is 4.75 Å². The van der Waals surface area contributed by atoms with Crippen LogP contribution in [-0.2, 0) is 6.54 Å². The number of nitrogens with one attached hydrogen (secondary N) is 2. The highest BCUT2D eigenvalue weighted by molar-refractivity contribution is 8.00. The molecule has 1 fully saturated rings. The van der Waals surface area contributed by atoms with Crippen molar-refractivity contribution >= 4 is 22.8 Å². The predicted octanol–water partition coefficient (Wildman–Crippen LogP) is 3.72. The van der Waals surface area contributed by atoms with E-state index >= 15 is 0 Å². The normalized spacial score (nSPS) is 18.4. The maximum absolute atomic E-state index is 4.34. The molecule has 0 unspecified atom stereocenters. The van der Waals surface area contributed by atoms with Gasteiger partial charge in [-0.1, -0.05) is 19.3 Å². The second-order valence-electron chi connectivity index (χ2n) is 5.76. The van der Waals surface area contributed by atoms with Crippen LogP contribution in [0, 0.1) is 0 Å². The van der Waals surface area contributed by atoms with Crippen LogP contribution in [0.25, 0.3) is 11.0 Å². The molecule has 0 radical (unpaired) electrons. The van der Waals surface area contributed by atoms with E-state index in [1.54, 1.807) is 0 Å². The second kappa shape index (κ2) is 6.19. The van der Waals surface area contributed by atoms with Crippen molar-refractivity contribution in [1.29, 1.82) is 0 Å². The van der Waals surface area contributed by atoms with E-state index in [2.05, 4.69) is 45.6 Å². The highest BCUT2D eigenvalue weighted by Crippen LogP contribution is 2.38. The largest absolute Gasteiger partial charge is 0.346 e. The molecular formula is C16H23N3S. The van der Waals surface area contributed by atoms with Crippen LogP contribution in [0.3, 0.4) is 0 Å². The van der Waals surface area contributed by atoms with Crippen LogP contribution in [0.1, 0.15) is 37.7 Å². The first-order valence-corrected chi connectivity index (χ1v) is 8.72. The van der Waals surface area contributed by atoms with E-state index < -0.39 is 0 Å². The smallest absolute Gasteiger partial charge is 0.137 e. The van der Waals surface area contributed by atoms with E-state index in [4.69, 9.17) is 0 Å². The molecule has 4 heteroatoms. The van der Waals surface area contributed by atoms with Crippen molar-refractivity contribution in [3.63, 3.8) is 0 Å². The molecule has 0 bridgehead atoms. The fraction of sp³-hybridized carbons (Fsp3) is 0.562. The number of nitrogens with zero attached hydrogens (tertiary/aromatic N) is 1. The fourth-order valence-corrected chi connectivity index (χ4v) is 4.18. The summed E-state index contributed by atoms with van der Waals surface area (Å²) >= 11 is 2.05. The molecule has 2 heterocycles. The Kier molecular flexibility index (Phi) is 4.32. The van der Waals surface area contributed by atoms with Gasteiger partial charge in [-0.05, 0) is 36.8 Å². The van der Waals surface area contributed by atoms with Crippen LogP contribution in [-0.4, -0.2) is 27.5 Å². The zero-order chi connectivity index (χ0) is 13.8. The highest BCUT2D eigenvalue weighted by atomic mass is 32.2. The number of aromatic nitrogens is 2. The minimum atomic E-state index is 0.461. The van der Waals surface area contributed by atoms with Gasteiger partial charge in [-0.15, -0.1) is 0 Å². The molecule has 0 amide bonds. The predicted molar refractivity (Wildman–Crippen MR) is 87.1 cm³/mol. The number of aromatic amines is 1. The average molecular weight is 289 g/mol. The molecule has 1 aliphatic carbocycles. The topological polar surface area (TPSA) is 40.7 Å². The number of pyridine rings is 1. The number of hydrogen-bond acceptors (Lipinski definition) is 3. The second-order valence-corrected chi connectivity index (χ2v) is 7.04. The Morgan fingerprint density at radius 1 is 1.35 bits per heavy atom. The average Bonchev–Trinajstić information content (AvgIpc) is 2.92. The first kappa shape index (κ1) is 14.0. The van der Waals surface area contributed by atoms with Gasteiger partial charge in [0, 0.05) is 35.6 Å². The Morgan fingerprint density at radius 2 is 2.20 bits per heavy atom. The first-order chi connectivity index (χ1) is 9.83. The number of rotatable bonds is 5. The third-order valence-electron chi connectivity index (χ3n) is 4.50. The summed E-state index contributed by atoms with van der Waals surface area (Å²) in [7, 11) is 0. The first-order valence-electron chi connectivity index (χ1n) is 7.50. The number of fused-ring (bicyclic) bond motifs is 1. The van der Waals surface area contributed by atoms with Gasteiger partial charge in [0.25, 0.3) is 0 Å². The van der Waals surface area contributed by atoms with Crippen LogP contribution in [0.15, 0.2) is 24.5 Å².